The third-order valence-corrected chi connectivity index (χ3v) is 3.68. The summed E-state index contributed by atoms with van der Waals surface area (Å²) in [6, 6.07) is 12.8. The van der Waals surface area contributed by atoms with E-state index in [4.69, 9.17) is 0 Å². The largest absolute Gasteiger partial charge is 0.307 e. The number of nitrogens with zero attached hydrogens (tertiary/aromatic N) is 2. The molecule has 22 heavy (non-hydrogen) atoms. The number of likely N-dealkylation sites (N-methyl/N-ethyl adjacent to an activating group) is 1. The molecule has 0 fully saturated rings. The number of ketones is 1. The fourth-order valence-corrected chi connectivity index (χ4v) is 2.37. The molecule has 1 amide bonds. The van der Waals surface area contributed by atoms with E-state index in [-0.39, 0.29) is 17.7 Å². The zero-order valence-corrected chi connectivity index (χ0v) is 13.2. The number of carbonyl (C=O) groups excluding carboxylic acids is 2. The summed E-state index contributed by atoms with van der Waals surface area (Å²) in [6.45, 7) is 5.92. The Morgan fingerprint density at radius 1 is 1.14 bits per heavy atom. The second kappa shape index (κ2) is 6.98. The van der Waals surface area contributed by atoms with Gasteiger partial charge in [-0.25, -0.2) is 0 Å². The van der Waals surface area contributed by atoms with E-state index in [1.54, 1.807) is 27.8 Å². The van der Waals surface area contributed by atoms with Gasteiger partial charge in [0.15, 0.2) is 18.2 Å². The maximum absolute atomic E-state index is 12.8. The van der Waals surface area contributed by atoms with Crippen LogP contribution in [0.15, 0.2) is 54.9 Å². The average molecular weight is 297 g/mol. The van der Waals surface area contributed by atoms with E-state index in [0.29, 0.717) is 12.1 Å². The molecule has 114 valence electrons. The fourth-order valence-electron chi connectivity index (χ4n) is 2.37. The maximum Gasteiger partial charge on any atom is 0.295 e. The predicted molar refractivity (Wildman–Crippen MR) is 85.8 cm³/mol. The lowest BCUT2D eigenvalue weighted by molar-refractivity contribution is -0.705. The molecular formula is C18H21N2O2+. The normalized spacial score (nSPS) is 11.8. The van der Waals surface area contributed by atoms with Crippen molar-refractivity contribution in [1.82, 2.24) is 0 Å². The van der Waals surface area contributed by atoms with Crippen molar-refractivity contribution in [2.24, 2.45) is 0 Å². The second-order valence-corrected chi connectivity index (χ2v) is 5.19. The van der Waals surface area contributed by atoms with Crippen molar-refractivity contribution in [1.29, 1.82) is 0 Å². The molecule has 4 nitrogen and oxygen atoms in total. The van der Waals surface area contributed by atoms with Gasteiger partial charge in [-0.15, -0.1) is 0 Å². The van der Waals surface area contributed by atoms with Crippen LogP contribution in [0.3, 0.4) is 0 Å². The van der Waals surface area contributed by atoms with Gasteiger partial charge in [0.25, 0.3) is 5.91 Å². The van der Waals surface area contributed by atoms with Crippen LogP contribution >= 0.6 is 0 Å². The van der Waals surface area contributed by atoms with Gasteiger partial charge in [-0.3, -0.25) is 9.59 Å². The monoisotopic (exact) mass is 297 g/mol. The molecule has 2 rings (SSSR count). The molecular weight excluding hydrogens is 276 g/mol. The number of aromatic nitrogens is 1. The summed E-state index contributed by atoms with van der Waals surface area (Å²) in [6.07, 6.45) is 3.54. The summed E-state index contributed by atoms with van der Waals surface area (Å²) in [4.78, 5) is 26.0. The van der Waals surface area contributed by atoms with Gasteiger partial charge in [-0.2, -0.15) is 4.57 Å². The summed E-state index contributed by atoms with van der Waals surface area (Å²) < 4.78 is 1.78. The number of anilines is 1. The van der Waals surface area contributed by atoms with Crippen molar-refractivity contribution in [2.45, 2.75) is 26.8 Å². The highest BCUT2D eigenvalue weighted by Gasteiger charge is 2.28. The molecule has 1 heterocycles. The minimum Gasteiger partial charge on any atom is -0.307 e. The van der Waals surface area contributed by atoms with Crippen molar-refractivity contribution >= 4 is 17.4 Å². The van der Waals surface area contributed by atoms with Crippen LogP contribution < -0.4 is 9.47 Å². The van der Waals surface area contributed by atoms with Gasteiger partial charge in [-0.05, 0) is 32.0 Å². The first kappa shape index (κ1) is 15.9. The number of para-hydroxylation sites is 1. The average Bonchev–Trinajstić information content (AvgIpc) is 2.55. The molecule has 1 aromatic heterocycles. The molecule has 0 saturated carbocycles. The SMILES string of the molecule is CCN(C(=O)[C@@H](C)[n+]1cccc(C(C)=O)c1)c1ccccc1. The maximum atomic E-state index is 12.8. The van der Waals surface area contributed by atoms with E-state index in [1.165, 1.54) is 6.92 Å². The molecule has 0 unspecified atom stereocenters. The van der Waals surface area contributed by atoms with Crippen LogP contribution in [-0.4, -0.2) is 18.2 Å². The smallest absolute Gasteiger partial charge is 0.295 e. The van der Waals surface area contributed by atoms with Crippen LogP contribution in [0.5, 0.6) is 0 Å². The van der Waals surface area contributed by atoms with Crippen LogP contribution in [0.1, 0.15) is 37.2 Å². The van der Waals surface area contributed by atoms with Crippen molar-refractivity contribution in [2.75, 3.05) is 11.4 Å². The number of pyridine rings is 1. The first-order chi connectivity index (χ1) is 10.5. The lowest BCUT2D eigenvalue weighted by Crippen LogP contribution is -2.48. The van der Waals surface area contributed by atoms with E-state index in [0.717, 1.165) is 5.69 Å². The summed E-state index contributed by atoms with van der Waals surface area (Å²) in [5.41, 5.74) is 1.48. The van der Waals surface area contributed by atoms with Gasteiger partial charge in [0, 0.05) is 25.2 Å². The zero-order valence-electron chi connectivity index (χ0n) is 13.2. The third kappa shape index (κ3) is 3.39. The van der Waals surface area contributed by atoms with Crippen molar-refractivity contribution in [3.8, 4) is 0 Å². The Labute approximate surface area is 131 Å². The van der Waals surface area contributed by atoms with Crippen LogP contribution in [-0.2, 0) is 4.79 Å². The van der Waals surface area contributed by atoms with Gasteiger partial charge >= 0.3 is 0 Å². The van der Waals surface area contributed by atoms with Crippen LogP contribution in [0, 0.1) is 0 Å². The van der Waals surface area contributed by atoms with E-state index >= 15 is 0 Å². The van der Waals surface area contributed by atoms with E-state index < -0.39 is 0 Å². The Hall–Kier alpha value is -2.49. The van der Waals surface area contributed by atoms with Crippen LogP contribution in [0.2, 0.25) is 0 Å². The van der Waals surface area contributed by atoms with Gasteiger partial charge in [0.05, 0.1) is 5.56 Å². The molecule has 0 aliphatic rings. The lowest BCUT2D eigenvalue weighted by atomic mass is 10.2. The summed E-state index contributed by atoms with van der Waals surface area (Å²) >= 11 is 0. The molecule has 0 bridgehead atoms. The van der Waals surface area contributed by atoms with Crippen molar-refractivity contribution < 1.29 is 14.2 Å². The zero-order chi connectivity index (χ0) is 16.1. The highest BCUT2D eigenvalue weighted by molar-refractivity contribution is 5.95. The highest BCUT2D eigenvalue weighted by Crippen LogP contribution is 2.16. The highest BCUT2D eigenvalue weighted by atomic mass is 16.2. The van der Waals surface area contributed by atoms with Gasteiger partial charge < -0.3 is 4.90 Å². The van der Waals surface area contributed by atoms with Gasteiger partial charge in [-0.1, -0.05) is 18.2 Å². The number of rotatable bonds is 5. The third-order valence-electron chi connectivity index (χ3n) is 3.68. The first-order valence-electron chi connectivity index (χ1n) is 7.42. The molecule has 4 heteroatoms. The standard InChI is InChI=1S/C18H21N2O2/c1-4-20(17-10-6-5-7-11-17)18(22)14(2)19-12-8-9-16(13-19)15(3)21/h5-14H,4H2,1-3H3/q+1/t14-/m1/s1. The molecule has 0 saturated heterocycles. The van der Waals surface area contributed by atoms with Gasteiger partial charge in [0.2, 0.25) is 6.04 Å². The summed E-state index contributed by atoms with van der Waals surface area (Å²) in [5.74, 6) is -0.0104. The molecule has 0 aliphatic carbocycles. The number of carbonyl (C=O) groups is 2. The van der Waals surface area contributed by atoms with E-state index in [9.17, 15) is 9.59 Å². The topological polar surface area (TPSA) is 41.3 Å². The predicted octanol–water partition coefficient (Wildman–Crippen LogP) is 2.79. The van der Waals surface area contributed by atoms with E-state index in [1.807, 2.05) is 50.4 Å². The minimum atomic E-state index is -0.376. The molecule has 0 spiro atoms. The fraction of sp³-hybridized carbons (Fsp3) is 0.278. The number of Topliss-reactive ketones (excluding diaryl/α,β-unsaturated/α-hetero) is 1. The Balaban J connectivity index is 2.28. The quantitative estimate of drug-likeness (QED) is 0.629. The Bertz CT molecular complexity index is 668. The molecule has 2 aromatic rings. The van der Waals surface area contributed by atoms with Crippen LogP contribution in [0.25, 0.3) is 0 Å². The number of hydrogen-bond acceptors (Lipinski definition) is 2. The Kier molecular flexibility index (Phi) is 5.04. The van der Waals surface area contributed by atoms with E-state index in [2.05, 4.69) is 0 Å². The molecule has 0 aliphatic heterocycles. The minimum absolute atomic E-state index is 0.000554. The number of benzene rings is 1. The Morgan fingerprint density at radius 2 is 1.82 bits per heavy atom. The number of hydrogen-bond donors (Lipinski definition) is 0. The second-order valence-electron chi connectivity index (χ2n) is 5.19. The molecule has 1 aromatic carbocycles. The van der Waals surface area contributed by atoms with Gasteiger partial charge in [0.1, 0.15) is 0 Å². The molecule has 0 radical (unpaired) electrons. The Morgan fingerprint density at radius 3 is 2.41 bits per heavy atom. The van der Waals surface area contributed by atoms with Crippen molar-refractivity contribution in [3.63, 3.8) is 0 Å². The first-order valence-corrected chi connectivity index (χ1v) is 7.42. The lowest BCUT2D eigenvalue weighted by Gasteiger charge is -2.22. The molecule has 1 atom stereocenters. The molecule has 0 N–H and O–H groups in total. The number of amides is 1. The summed E-state index contributed by atoms with van der Waals surface area (Å²) in [5, 5.41) is 0. The van der Waals surface area contributed by atoms with Crippen molar-refractivity contribution in [3.05, 3.63) is 60.4 Å². The van der Waals surface area contributed by atoms with Crippen LogP contribution in [0.4, 0.5) is 5.69 Å². The summed E-state index contributed by atoms with van der Waals surface area (Å²) in [7, 11) is 0.